The molecule has 1 aromatic heterocycles. The van der Waals surface area contributed by atoms with Gasteiger partial charge in [0, 0.05) is 0 Å². The number of thioether (sulfide) groups is 1. The summed E-state index contributed by atoms with van der Waals surface area (Å²) in [5.41, 5.74) is 0. The molecule has 1 amide bonds. The lowest BCUT2D eigenvalue weighted by Gasteiger charge is -2.21. The number of carbonyl (C=O) groups is 2. The summed E-state index contributed by atoms with van der Waals surface area (Å²) in [6.07, 6.45) is -0.646. The van der Waals surface area contributed by atoms with E-state index in [0.29, 0.717) is 22.7 Å². The Morgan fingerprint density at radius 2 is 2.32 bits per heavy atom. The summed E-state index contributed by atoms with van der Waals surface area (Å²) in [6.45, 7) is 1.08. The van der Waals surface area contributed by atoms with Crippen molar-refractivity contribution in [3.05, 3.63) is 0 Å². The highest BCUT2D eigenvalue weighted by molar-refractivity contribution is 8.01. The molecule has 0 aromatic carbocycles. The molecule has 1 atom stereocenters. The highest BCUT2D eigenvalue weighted by Crippen LogP contribution is 2.25. The number of hydrogen-bond acceptors (Lipinski definition) is 8. The Kier molecular flexibility index (Phi) is 5.07. The lowest BCUT2D eigenvalue weighted by molar-refractivity contribution is -0.142. The molecule has 19 heavy (non-hydrogen) atoms. The first-order valence-electron chi connectivity index (χ1n) is 5.33. The van der Waals surface area contributed by atoms with Gasteiger partial charge in [-0.15, -0.1) is 10.2 Å². The van der Waals surface area contributed by atoms with E-state index in [1.54, 1.807) is 0 Å². The molecular weight excluding hydrogens is 294 g/mol. The topological polar surface area (TPSA) is 111 Å². The largest absolute Gasteiger partial charge is 0.481 e. The van der Waals surface area contributed by atoms with Crippen LogP contribution in [0.25, 0.3) is 0 Å². The minimum atomic E-state index is -0.932. The van der Waals surface area contributed by atoms with Crippen molar-refractivity contribution in [1.82, 2.24) is 10.2 Å². The molecule has 1 fully saturated rings. The monoisotopic (exact) mass is 305 g/mol. The van der Waals surface area contributed by atoms with Gasteiger partial charge >= 0.3 is 5.97 Å². The summed E-state index contributed by atoms with van der Waals surface area (Å²) in [5.74, 6) is -1.37. The minimum Gasteiger partial charge on any atom is -0.481 e. The summed E-state index contributed by atoms with van der Waals surface area (Å²) >= 11 is 2.17. The quantitative estimate of drug-likeness (QED) is 0.581. The zero-order valence-corrected chi connectivity index (χ0v) is 11.3. The third-order valence-corrected chi connectivity index (χ3v) is 4.02. The minimum absolute atomic E-state index is 0.0951. The van der Waals surface area contributed by atoms with E-state index < -0.39 is 12.1 Å². The molecular formula is C9H11N3O5S2. The van der Waals surface area contributed by atoms with Crippen molar-refractivity contribution in [3.8, 4) is 0 Å². The van der Waals surface area contributed by atoms with Crippen LogP contribution in [0, 0.1) is 0 Å². The van der Waals surface area contributed by atoms with Gasteiger partial charge in [-0.3, -0.25) is 14.9 Å². The molecule has 8 nitrogen and oxygen atoms in total. The number of hydrogen-bond donors (Lipinski definition) is 2. The van der Waals surface area contributed by atoms with Crippen LogP contribution in [0.3, 0.4) is 0 Å². The smallest absolute Gasteiger partial charge is 0.313 e. The van der Waals surface area contributed by atoms with E-state index >= 15 is 0 Å². The van der Waals surface area contributed by atoms with Crippen LogP contribution < -0.4 is 5.32 Å². The summed E-state index contributed by atoms with van der Waals surface area (Å²) in [7, 11) is 0. The van der Waals surface area contributed by atoms with Gasteiger partial charge in [-0.05, 0) is 0 Å². The molecule has 0 saturated carbocycles. The van der Waals surface area contributed by atoms with E-state index in [1.807, 2.05) is 0 Å². The van der Waals surface area contributed by atoms with Crippen LogP contribution in [0.1, 0.15) is 0 Å². The van der Waals surface area contributed by atoms with Crippen molar-refractivity contribution in [3.63, 3.8) is 0 Å². The van der Waals surface area contributed by atoms with Gasteiger partial charge in [0.25, 0.3) is 5.91 Å². The molecule has 2 N–H and O–H groups in total. The second-order valence-electron chi connectivity index (χ2n) is 3.48. The zero-order valence-electron chi connectivity index (χ0n) is 9.70. The predicted molar refractivity (Wildman–Crippen MR) is 67.5 cm³/mol. The highest BCUT2D eigenvalue weighted by atomic mass is 32.2. The number of carboxylic acids is 1. The number of rotatable bonds is 5. The number of aliphatic carboxylic acids is 1. The molecule has 0 spiro atoms. The second kappa shape index (κ2) is 6.80. The summed E-state index contributed by atoms with van der Waals surface area (Å²) in [6, 6.07) is 0. The molecule has 2 heterocycles. The van der Waals surface area contributed by atoms with E-state index in [2.05, 4.69) is 15.5 Å². The van der Waals surface area contributed by atoms with Gasteiger partial charge in [-0.2, -0.15) is 0 Å². The molecule has 2 rings (SSSR count). The fraction of sp³-hybridized carbons (Fsp3) is 0.556. The van der Waals surface area contributed by atoms with Gasteiger partial charge < -0.3 is 14.6 Å². The molecule has 0 aliphatic carbocycles. The zero-order chi connectivity index (χ0) is 13.7. The molecule has 0 radical (unpaired) electrons. The molecule has 104 valence electrons. The van der Waals surface area contributed by atoms with Crippen molar-refractivity contribution in [2.24, 2.45) is 0 Å². The van der Waals surface area contributed by atoms with Crippen LogP contribution in [0.5, 0.6) is 0 Å². The van der Waals surface area contributed by atoms with Gasteiger partial charge in [0.2, 0.25) is 5.13 Å². The van der Waals surface area contributed by atoms with E-state index in [4.69, 9.17) is 14.6 Å². The molecule has 1 aliphatic heterocycles. The Labute approximate surface area is 116 Å². The van der Waals surface area contributed by atoms with Crippen molar-refractivity contribution in [1.29, 1.82) is 0 Å². The van der Waals surface area contributed by atoms with Crippen LogP contribution in [-0.2, 0) is 19.1 Å². The molecule has 0 bridgehead atoms. The SMILES string of the molecule is O=C(O)CSc1nnc(NC(=O)C2COCCO2)s1. The normalized spacial score (nSPS) is 19.1. The average Bonchev–Trinajstić information content (AvgIpc) is 2.85. The molecule has 1 aromatic rings. The van der Waals surface area contributed by atoms with Crippen LogP contribution in [-0.4, -0.2) is 58.9 Å². The molecule has 1 unspecified atom stereocenters. The van der Waals surface area contributed by atoms with Crippen LogP contribution in [0.4, 0.5) is 5.13 Å². The summed E-state index contributed by atoms with van der Waals surface area (Å²) in [4.78, 5) is 22.2. The van der Waals surface area contributed by atoms with E-state index in [1.165, 1.54) is 0 Å². The van der Waals surface area contributed by atoms with E-state index in [9.17, 15) is 9.59 Å². The van der Waals surface area contributed by atoms with Gasteiger partial charge in [0.05, 0.1) is 25.6 Å². The molecule has 1 saturated heterocycles. The van der Waals surface area contributed by atoms with Crippen LogP contribution >= 0.6 is 23.1 Å². The Morgan fingerprint density at radius 1 is 1.47 bits per heavy atom. The second-order valence-corrected chi connectivity index (χ2v) is 5.68. The van der Waals surface area contributed by atoms with Crippen molar-refractivity contribution < 1.29 is 24.2 Å². The van der Waals surface area contributed by atoms with Gasteiger partial charge in [-0.25, -0.2) is 0 Å². The van der Waals surface area contributed by atoms with Crippen LogP contribution in [0.15, 0.2) is 4.34 Å². The maximum atomic E-state index is 11.8. The Balaban J connectivity index is 1.84. The average molecular weight is 305 g/mol. The number of carboxylic acid groups (broad SMARTS) is 1. The van der Waals surface area contributed by atoms with Gasteiger partial charge in [-0.1, -0.05) is 23.1 Å². The number of anilines is 1. The fourth-order valence-corrected chi connectivity index (χ4v) is 2.74. The highest BCUT2D eigenvalue weighted by Gasteiger charge is 2.23. The number of aromatic nitrogens is 2. The summed E-state index contributed by atoms with van der Waals surface area (Å²) < 4.78 is 10.8. The maximum absolute atomic E-state index is 11.8. The number of amides is 1. The standard InChI is InChI=1S/C9H11N3O5S2/c13-6(14)4-18-9-12-11-8(19-9)10-7(15)5-3-16-1-2-17-5/h5H,1-4H2,(H,13,14)(H,10,11,15). The van der Waals surface area contributed by atoms with Crippen LogP contribution in [0.2, 0.25) is 0 Å². The van der Waals surface area contributed by atoms with E-state index in [0.717, 1.165) is 23.1 Å². The lowest BCUT2D eigenvalue weighted by atomic mass is 10.3. The van der Waals surface area contributed by atoms with Crippen molar-refractivity contribution in [2.45, 2.75) is 10.4 Å². The maximum Gasteiger partial charge on any atom is 0.313 e. The Hall–Kier alpha value is -1.23. The first kappa shape index (κ1) is 14.2. The van der Waals surface area contributed by atoms with Gasteiger partial charge in [0.15, 0.2) is 10.4 Å². The molecule has 10 heteroatoms. The third kappa shape index (κ3) is 4.42. The third-order valence-electron chi connectivity index (χ3n) is 2.06. The number of carbonyl (C=O) groups excluding carboxylic acids is 1. The summed E-state index contributed by atoms with van der Waals surface area (Å²) in [5, 5.41) is 18.9. The van der Waals surface area contributed by atoms with Crippen molar-refractivity contribution >= 4 is 40.1 Å². The Bertz CT molecular complexity index is 460. The first-order valence-corrected chi connectivity index (χ1v) is 7.13. The van der Waals surface area contributed by atoms with E-state index in [-0.39, 0.29) is 18.3 Å². The number of nitrogens with one attached hydrogen (secondary N) is 1. The molecule has 1 aliphatic rings. The van der Waals surface area contributed by atoms with Crippen molar-refractivity contribution in [2.75, 3.05) is 30.9 Å². The Morgan fingerprint density at radius 3 is 3.00 bits per heavy atom. The first-order chi connectivity index (χ1) is 9.15. The fourth-order valence-electron chi connectivity index (χ4n) is 1.27. The lowest BCUT2D eigenvalue weighted by Crippen LogP contribution is -2.39. The number of nitrogens with zero attached hydrogens (tertiary/aromatic N) is 2. The van der Waals surface area contributed by atoms with Gasteiger partial charge in [0.1, 0.15) is 0 Å². The number of ether oxygens (including phenoxy) is 2. The predicted octanol–water partition coefficient (Wildman–Crippen LogP) is 0.0687.